The van der Waals surface area contributed by atoms with Gasteiger partial charge in [-0.25, -0.2) is 0 Å². The van der Waals surface area contributed by atoms with Gasteiger partial charge in [0.25, 0.3) is 0 Å². The number of nitrogens with zero attached hydrogens (tertiary/aromatic N) is 3. The van der Waals surface area contributed by atoms with Gasteiger partial charge in [-0.1, -0.05) is 12.2 Å². The molecule has 110 valence electrons. The second-order valence-corrected chi connectivity index (χ2v) is 5.09. The van der Waals surface area contributed by atoms with E-state index in [0.29, 0.717) is 18.8 Å². The van der Waals surface area contributed by atoms with Crippen LogP contribution in [0.3, 0.4) is 0 Å². The lowest BCUT2D eigenvalue weighted by Crippen LogP contribution is -2.38. The molecular weight excluding hydrogens is 272 g/mol. The maximum absolute atomic E-state index is 12.0. The Labute approximate surface area is 125 Å². The lowest BCUT2D eigenvalue weighted by Gasteiger charge is -2.23. The van der Waals surface area contributed by atoms with Gasteiger partial charge in [0.2, 0.25) is 5.91 Å². The minimum Gasteiger partial charge on any atom is -0.388 e. The van der Waals surface area contributed by atoms with Crippen molar-refractivity contribution in [2.45, 2.75) is 20.4 Å². The van der Waals surface area contributed by atoms with Crippen LogP contribution in [0.5, 0.6) is 0 Å². The topological polar surface area (TPSA) is 62.5 Å². The molecule has 0 spiro atoms. The summed E-state index contributed by atoms with van der Waals surface area (Å²) in [6.07, 6.45) is 1.68. The number of hydrogen-bond donors (Lipinski definition) is 1. The van der Waals surface area contributed by atoms with Crippen molar-refractivity contribution in [2.75, 3.05) is 26.7 Å². The monoisotopic (exact) mass is 294 g/mol. The molecule has 0 aliphatic rings. The summed E-state index contributed by atoms with van der Waals surface area (Å²) < 4.78 is 0. The molecule has 2 N–H and O–H groups in total. The summed E-state index contributed by atoms with van der Waals surface area (Å²) in [5.41, 5.74) is 7.22. The van der Waals surface area contributed by atoms with Gasteiger partial charge in [-0.05, 0) is 38.6 Å². The highest BCUT2D eigenvalue weighted by atomic mass is 32.1. The largest absolute Gasteiger partial charge is 0.388 e. The van der Waals surface area contributed by atoms with E-state index in [-0.39, 0.29) is 10.9 Å². The van der Waals surface area contributed by atoms with Crippen molar-refractivity contribution in [2.24, 2.45) is 5.73 Å². The van der Waals surface area contributed by atoms with Gasteiger partial charge < -0.3 is 10.6 Å². The Kier molecular flexibility index (Phi) is 6.54. The fourth-order valence-electron chi connectivity index (χ4n) is 1.98. The maximum Gasteiger partial charge on any atom is 0.236 e. The molecule has 1 amide bonds. The van der Waals surface area contributed by atoms with Crippen LogP contribution in [0.2, 0.25) is 0 Å². The third-order valence-electron chi connectivity index (χ3n) is 3.05. The third-order valence-corrected chi connectivity index (χ3v) is 3.26. The summed E-state index contributed by atoms with van der Waals surface area (Å²) in [7, 11) is 1.92. The van der Waals surface area contributed by atoms with Crippen LogP contribution in [0.4, 0.5) is 0 Å². The summed E-state index contributed by atoms with van der Waals surface area (Å²) >= 11 is 4.91. The second kappa shape index (κ2) is 7.91. The van der Waals surface area contributed by atoms with Crippen LogP contribution in [-0.4, -0.2) is 52.4 Å². The molecule has 0 saturated carbocycles. The van der Waals surface area contributed by atoms with Crippen LogP contribution in [0, 0.1) is 0 Å². The first-order valence-electron chi connectivity index (χ1n) is 6.69. The molecule has 1 aromatic rings. The van der Waals surface area contributed by atoms with Crippen LogP contribution >= 0.6 is 12.2 Å². The maximum atomic E-state index is 12.0. The van der Waals surface area contributed by atoms with Crippen molar-refractivity contribution in [3.8, 4) is 0 Å². The standard InChI is InChI=1S/C14H22N4OS/c1-4-18(5-2)13(19)10-17(3)9-11-6-7-16-12(8-11)14(15)20/h6-8H,4-5,9-10H2,1-3H3,(H2,15,20). The summed E-state index contributed by atoms with van der Waals surface area (Å²) in [6.45, 7) is 6.50. The SMILES string of the molecule is CCN(CC)C(=O)CN(C)Cc1ccnc(C(N)=S)c1. The molecule has 1 rings (SSSR count). The molecule has 0 bridgehead atoms. The van der Waals surface area contributed by atoms with Crippen LogP contribution in [0.25, 0.3) is 0 Å². The number of nitrogens with two attached hydrogens (primary N) is 1. The molecule has 0 atom stereocenters. The molecule has 5 nitrogen and oxygen atoms in total. The average Bonchev–Trinajstić information content (AvgIpc) is 2.40. The van der Waals surface area contributed by atoms with Crippen molar-refractivity contribution >= 4 is 23.1 Å². The number of aromatic nitrogens is 1. The van der Waals surface area contributed by atoms with Gasteiger partial charge in [0.05, 0.1) is 12.2 Å². The molecule has 0 aromatic carbocycles. The fourth-order valence-corrected chi connectivity index (χ4v) is 2.09. The predicted molar refractivity (Wildman–Crippen MR) is 84.4 cm³/mol. The quantitative estimate of drug-likeness (QED) is 0.761. The summed E-state index contributed by atoms with van der Waals surface area (Å²) in [6, 6.07) is 3.76. The third kappa shape index (κ3) is 4.86. The second-order valence-electron chi connectivity index (χ2n) is 4.65. The molecule has 0 radical (unpaired) electrons. The summed E-state index contributed by atoms with van der Waals surface area (Å²) in [5.74, 6) is 0.140. The smallest absolute Gasteiger partial charge is 0.236 e. The van der Waals surface area contributed by atoms with E-state index in [1.165, 1.54) is 0 Å². The highest BCUT2D eigenvalue weighted by Gasteiger charge is 2.12. The molecule has 0 unspecified atom stereocenters. The van der Waals surface area contributed by atoms with E-state index in [4.69, 9.17) is 18.0 Å². The van der Waals surface area contributed by atoms with Gasteiger partial charge in [0.15, 0.2) is 0 Å². The number of carbonyl (C=O) groups is 1. The lowest BCUT2D eigenvalue weighted by molar-refractivity contribution is -0.131. The molecule has 6 heteroatoms. The lowest BCUT2D eigenvalue weighted by atomic mass is 10.2. The van der Waals surface area contributed by atoms with Crippen LogP contribution < -0.4 is 5.73 Å². The van der Waals surface area contributed by atoms with Crippen molar-refractivity contribution in [3.05, 3.63) is 29.6 Å². The number of likely N-dealkylation sites (N-methyl/N-ethyl adjacent to an activating group) is 2. The fraction of sp³-hybridized carbons (Fsp3) is 0.500. The highest BCUT2D eigenvalue weighted by Crippen LogP contribution is 2.05. The Balaban J connectivity index is 2.62. The average molecular weight is 294 g/mol. The molecule has 20 heavy (non-hydrogen) atoms. The zero-order valence-corrected chi connectivity index (χ0v) is 13.1. The number of hydrogen-bond acceptors (Lipinski definition) is 4. The van der Waals surface area contributed by atoms with E-state index in [9.17, 15) is 4.79 Å². The number of carbonyl (C=O) groups excluding carboxylic acids is 1. The Morgan fingerprint density at radius 2 is 2.05 bits per heavy atom. The van der Waals surface area contributed by atoms with E-state index in [1.807, 2.05) is 42.8 Å². The van der Waals surface area contributed by atoms with E-state index >= 15 is 0 Å². The van der Waals surface area contributed by atoms with Gasteiger partial charge in [-0.15, -0.1) is 0 Å². The molecule has 0 saturated heterocycles. The first-order valence-corrected chi connectivity index (χ1v) is 7.09. The van der Waals surface area contributed by atoms with Crippen molar-refractivity contribution in [1.82, 2.24) is 14.8 Å². The van der Waals surface area contributed by atoms with Crippen LogP contribution in [0.15, 0.2) is 18.3 Å². The predicted octanol–water partition coefficient (Wildman–Crippen LogP) is 1.02. The zero-order chi connectivity index (χ0) is 15.1. The highest BCUT2D eigenvalue weighted by molar-refractivity contribution is 7.80. The molecule has 1 aromatic heterocycles. The molecular formula is C14H22N4OS. The molecule has 0 aliphatic carbocycles. The van der Waals surface area contributed by atoms with Crippen molar-refractivity contribution < 1.29 is 4.79 Å². The number of pyridine rings is 1. The van der Waals surface area contributed by atoms with Crippen molar-refractivity contribution in [3.63, 3.8) is 0 Å². The molecule has 0 aliphatic heterocycles. The minimum atomic E-state index is 0.140. The van der Waals surface area contributed by atoms with E-state index in [2.05, 4.69) is 4.98 Å². The normalized spacial score (nSPS) is 10.6. The van der Waals surface area contributed by atoms with Crippen LogP contribution in [0.1, 0.15) is 25.1 Å². The van der Waals surface area contributed by atoms with E-state index in [1.54, 1.807) is 6.20 Å². The van der Waals surface area contributed by atoms with Gasteiger partial charge in [-0.2, -0.15) is 0 Å². The van der Waals surface area contributed by atoms with E-state index in [0.717, 1.165) is 18.7 Å². The van der Waals surface area contributed by atoms with Gasteiger partial charge >= 0.3 is 0 Å². The summed E-state index contributed by atoms with van der Waals surface area (Å²) in [4.78, 5) is 20.2. The first kappa shape index (κ1) is 16.5. The number of thiocarbonyl (C=S) groups is 1. The zero-order valence-electron chi connectivity index (χ0n) is 12.3. The first-order chi connectivity index (χ1) is 9.47. The Hall–Kier alpha value is -1.53. The summed E-state index contributed by atoms with van der Waals surface area (Å²) in [5, 5.41) is 0. The van der Waals surface area contributed by atoms with Crippen molar-refractivity contribution in [1.29, 1.82) is 0 Å². The Bertz CT molecular complexity index is 474. The molecule has 1 heterocycles. The minimum absolute atomic E-state index is 0.140. The van der Waals surface area contributed by atoms with E-state index < -0.39 is 0 Å². The van der Waals surface area contributed by atoms with Gasteiger partial charge in [0, 0.05) is 25.8 Å². The Morgan fingerprint density at radius 3 is 2.60 bits per heavy atom. The number of rotatable bonds is 7. The van der Waals surface area contributed by atoms with Crippen LogP contribution in [-0.2, 0) is 11.3 Å². The van der Waals surface area contributed by atoms with Gasteiger partial charge in [-0.3, -0.25) is 14.7 Å². The van der Waals surface area contributed by atoms with Gasteiger partial charge in [0.1, 0.15) is 4.99 Å². The number of amides is 1. The molecule has 0 fully saturated rings. The Morgan fingerprint density at radius 1 is 1.40 bits per heavy atom.